The van der Waals surface area contributed by atoms with Crippen molar-refractivity contribution in [1.29, 1.82) is 0 Å². The Hall–Kier alpha value is -3.38. The number of nitrogens with zero attached hydrogens (tertiary/aromatic N) is 1. The molecule has 5 rings (SSSR count). The number of carbonyl (C=O) groups excluding carboxylic acids is 1. The van der Waals surface area contributed by atoms with Crippen molar-refractivity contribution in [1.82, 2.24) is 4.98 Å². The lowest BCUT2D eigenvalue weighted by molar-refractivity contribution is 0.0985. The number of benzene rings is 3. The maximum atomic E-state index is 13.4. The van der Waals surface area contributed by atoms with Crippen molar-refractivity contribution >= 4 is 44.9 Å². The summed E-state index contributed by atoms with van der Waals surface area (Å²) in [6, 6.07) is 16.1. The molecule has 1 N–H and O–H groups in total. The summed E-state index contributed by atoms with van der Waals surface area (Å²) in [5.41, 5.74) is 3.40. The van der Waals surface area contributed by atoms with E-state index in [9.17, 15) is 4.79 Å². The van der Waals surface area contributed by atoms with E-state index in [-0.39, 0.29) is 5.91 Å². The van der Waals surface area contributed by atoms with Crippen LogP contribution in [-0.4, -0.2) is 45.1 Å². The van der Waals surface area contributed by atoms with Gasteiger partial charge in [0, 0.05) is 24.0 Å². The molecular weight excluding hydrogens is 428 g/mol. The van der Waals surface area contributed by atoms with Gasteiger partial charge in [-0.2, -0.15) is 0 Å². The molecule has 6 nitrogen and oxygen atoms in total. The number of nitrogens with one attached hydrogen (secondary N) is 1. The van der Waals surface area contributed by atoms with Gasteiger partial charge >= 0.3 is 0 Å². The molecule has 0 aliphatic carbocycles. The van der Waals surface area contributed by atoms with Crippen LogP contribution in [0.2, 0.25) is 0 Å². The molecule has 0 bridgehead atoms. The van der Waals surface area contributed by atoms with E-state index in [1.807, 2.05) is 35.2 Å². The normalized spacial score (nSPS) is 12.3. The van der Waals surface area contributed by atoms with E-state index in [1.165, 1.54) is 22.7 Å². The number of amides is 1. The molecule has 0 fully saturated rings. The molecule has 7 heteroatoms. The van der Waals surface area contributed by atoms with Crippen LogP contribution in [0, 0.1) is 0 Å². The molecule has 0 saturated heterocycles. The van der Waals surface area contributed by atoms with E-state index in [0.29, 0.717) is 35.0 Å². The molecule has 1 amide bonds. The van der Waals surface area contributed by atoms with Crippen LogP contribution >= 0.6 is 11.6 Å². The highest BCUT2D eigenvalue weighted by Crippen LogP contribution is 2.43. The van der Waals surface area contributed by atoms with E-state index >= 15 is 0 Å². The number of alkyl halides is 1. The van der Waals surface area contributed by atoms with Gasteiger partial charge in [0.25, 0.3) is 5.91 Å². The quantitative estimate of drug-likeness (QED) is 0.421. The van der Waals surface area contributed by atoms with Crippen molar-refractivity contribution in [3.05, 3.63) is 59.8 Å². The number of carbonyl (C=O) groups is 1. The second-order valence-corrected chi connectivity index (χ2v) is 7.28. The highest BCUT2D eigenvalue weighted by Gasteiger charge is 2.28. The number of halogens is 1. The third kappa shape index (κ3) is 3.41. The monoisotopic (exact) mass is 452 g/mol. The van der Waals surface area contributed by atoms with Crippen LogP contribution in [0.3, 0.4) is 0 Å². The first-order chi connectivity index (χ1) is 15.7. The van der Waals surface area contributed by atoms with Gasteiger partial charge < -0.3 is 24.1 Å². The summed E-state index contributed by atoms with van der Waals surface area (Å²) in [5, 5.41) is 3.23. The van der Waals surface area contributed by atoms with Gasteiger partial charge in [0.1, 0.15) is 5.69 Å². The molecule has 166 valence electrons. The van der Waals surface area contributed by atoms with Gasteiger partial charge in [-0.25, -0.2) is 0 Å². The van der Waals surface area contributed by atoms with E-state index in [0.717, 1.165) is 17.5 Å². The van der Waals surface area contributed by atoms with Gasteiger partial charge in [0.15, 0.2) is 11.5 Å². The third-order valence-electron chi connectivity index (χ3n) is 5.79. The number of ether oxygens (including phenoxy) is 3. The number of H-pyrrole nitrogens is 1. The lowest BCUT2D eigenvalue weighted by Gasteiger charge is -2.17. The molecule has 0 radical (unpaired) electrons. The SMILES string of the molecule is CCl.COc1cc2cc(C(=O)N3CCc4c3ccc3ccccc43)[nH]c2c(OC)c1OC. The number of anilines is 1. The molecule has 0 atom stereocenters. The van der Waals surface area contributed by atoms with Crippen LogP contribution < -0.4 is 19.1 Å². The van der Waals surface area contributed by atoms with E-state index in [1.54, 1.807) is 21.3 Å². The zero-order valence-corrected chi connectivity index (χ0v) is 19.2. The first-order valence-electron chi connectivity index (χ1n) is 10.2. The first-order valence-corrected chi connectivity index (χ1v) is 10.9. The lowest BCUT2D eigenvalue weighted by Crippen LogP contribution is -2.29. The molecule has 1 aromatic heterocycles. The molecule has 1 aliphatic heterocycles. The summed E-state index contributed by atoms with van der Waals surface area (Å²) in [6.45, 7) is 0.654. The molecule has 1 aliphatic rings. The zero-order valence-electron chi connectivity index (χ0n) is 18.5. The molecule has 3 aromatic carbocycles. The highest BCUT2D eigenvalue weighted by molar-refractivity contribution is 6.15. The Balaban J connectivity index is 0.00000119. The third-order valence-corrected chi connectivity index (χ3v) is 5.79. The predicted molar refractivity (Wildman–Crippen MR) is 129 cm³/mol. The highest BCUT2D eigenvalue weighted by atomic mass is 35.5. The van der Waals surface area contributed by atoms with Gasteiger partial charge in [0.2, 0.25) is 5.75 Å². The van der Waals surface area contributed by atoms with Crippen molar-refractivity contribution < 1.29 is 19.0 Å². The number of aromatic amines is 1. The van der Waals surface area contributed by atoms with E-state index in [4.69, 9.17) is 14.2 Å². The van der Waals surface area contributed by atoms with E-state index in [2.05, 4.69) is 34.8 Å². The van der Waals surface area contributed by atoms with Gasteiger partial charge in [-0.3, -0.25) is 4.79 Å². The first kappa shape index (κ1) is 21.8. The fourth-order valence-corrected chi connectivity index (χ4v) is 4.40. The van der Waals surface area contributed by atoms with Crippen LogP contribution in [-0.2, 0) is 6.42 Å². The number of hydrogen-bond acceptors (Lipinski definition) is 4. The zero-order chi connectivity index (χ0) is 22.8. The fourth-order valence-electron chi connectivity index (χ4n) is 4.40. The van der Waals surface area contributed by atoms with Crippen LogP contribution in [0.25, 0.3) is 21.7 Å². The number of rotatable bonds is 4. The second-order valence-electron chi connectivity index (χ2n) is 7.28. The average molecular weight is 453 g/mol. The Labute approximate surface area is 191 Å². The minimum atomic E-state index is -0.0692. The van der Waals surface area contributed by atoms with Crippen molar-refractivity contribution in [3.63, 3.8) is 0 Å². The number of aromatic nitrogens is 1. The Kier molecular flexibility index (Phi) is 6.15. The Morgan fingerprint density at radius 2 is 1.69 bits per heavy atom. The molecule has 0 unspecified atom stereocenters. The maximum absolute atomic E-state index is 13.4. The molecular formula is C25H25ClN2O4. The molecule has 32 heavy (non-hydrogen) atoms. The summed E-state index contributed by atoms with van der Waals surface area (Å²) < 4.78 is 16.4. The van der Waals surface area contributed by atoms with Crippen LogP contribution in [0.4, 0.5) is 5.69 Å². The standard InChI is InChI=1S/C24H22N2O4.CH3Cl/c1-28-20-13-15-12-18(25-21(15)23(30-3)22(20)29-2)24(27)26-11-10-17-16-7-5-4-6-14(16)8-9-19(17)26;1-2/h4-9,12-13,25H,10-11H2,1-3H3;1H3. The largest absolute Gasteiger partial charge is 0.493 e. The summed E-state index contributed by atoms with van der Waals surface area (Å²) >= 11 is 4.64. The second kappa shape index (κ2) is 9.01. The molecule has 0 spiro atoms. The fraction of sp³-hybridized carbons (Fsp3) is 0.240. The van der Waals surface area contributed by atoms with Crippen LogP contribution in [0.1, 0.15) is 16.1 Å². The maximum Gasteiger partial charge on any atom is 0.274 e. The summed E-state index contributed by atoms with van der Waals surface area (Å²) in [4.78, 5) is 18.5. The predicted octanol–water partition coefficient (Wildman–Crippen LogP) is 5.40. The molecule has 0 saturated carbocycles. The molecule has 4 aromatic rings. The summed E-state index contributed by atoms with van der Waals surface area (Å²) in [6.07, 6.45) is 2.31. The van der Waals surface area contributed by atoms with Crippen LogP contribution in [0.15, 0.2) is 48.5 Å². The minimum Gasteiger partial charge on any atom is -0.493 e. The topological polar surface area (TPSA) is 63.8 Å². The summed E-state index contributed by atoms with van der Waals surface area (Å²) in [5.74, 6) is 1.49. The Morgan fingerprint density at radius 3 is 2.41 bits per heavy atom. The van der Waals surface area contributed by atoms with Crippen molar-refractivity contribution in [2.75, 3.05) is 39.2 Å². The van der Waals surface area contributed by atoms with E-state index < -0.39 is 0 Å². The van der Waals surface area contributed by atoms with Crippen LogP contribution in [0.5, 0.6) is 17.2 Å². The number of methoxy groups -OCH3 is 3. The van der Waals surface area contributed by atoms with Gasteiger partial charge in [-0.1, -0.05) is 30.3 Å². The molecule has 2 heterocycles. The van der Waals surface area contributed by atoms with Crippen molar-refractivity contribution in [3.8, 4) is 17.2 Å². The number of hydrogen-bond donors (Lipinski definition) is 1. The van der Waals surface area contributed by atoms with Gasteiger partial charge in [-0.05, 0) is 41.0 Å². The Morgan fingerprint density at radius 1 is 0.938 bits per heavy atom. The average Bonchev–Trinajstić information content (AvgIpc) is 3.48. The lowest BCUT2D eigenvalue weighted by atomic mass is 10.0. The number of fused-ring (bicyclic) bond motifs is 4. The summed E-state index contributed by atoms with van der Waals surface area (Å²) in [7, 11) is 4.71. The minimum absolute atomic E-state index is 0.0692. The van der Waals surface area contributed by atoms with Crippen molar-refractivity contribution in [2.24, 2.45) is 0 Å². The van der Waals surface area contributed by atoms with Gasteiger partial charge in [0.05, 0.1) is 26.8 Å². The van der Waals surface area contributed by atoms with Gasteiger partial charge in [-0.15, -0.1) is 11.6 Å². The van der Waals surface area contributed by atoms with Crippen molar-refractivity contribution in [2.45, 2.75) is 6.42 Å². The smallest absolute Gasteiger partial charge is 0.274 e. The Bertz CT molecular complexity index is 1300.